The van der Waals surface area contributed by atoms with Crippen molar-refractivity contribution in [1.29, 1.82) is 0 Å². The third-order valence-corrected chi connectivity index (χ3v) is 5.15. The van der Waals surface area contributed by atoms with E-state index < -0.39 is 6.09 Å². The van der Waals surface area contributed by atoms with E-state index in [1.165, 1.54) is 24.0 Å². The average molecular weight is 374 g/mol. The maximum Gasteiger partial charge on any atom is 0.413 e. The summed E-state index contributed by atoms with van der Waals surface area (Å²) in [5.41, 5.74) is 2.20. The van der Waals surface area contributed by atoms with Gasteiger partial charge in [-0.3, -0.25) is 15.0 Å². The van der Waals surface area contributed by atoms with Crippen LogP contribution in [0.15, 0.2) is 30.3 Å². The highest BCUT2D eigenvalue weighted by molar-refractivity contribution is 7.15. The lowest BCUT2D eigenvalue weighted by Gasteiger charge is -2.25. The van der Waals surface area contributed by atoms with Crippen LogP contribution < -0.4 is 10.6 Å². The summed E-state index contributed by atoms with van der Waals surface area (Å²) in [6.45, 7) is 2.45. The summed E-state index contributed by atoms with van der Waals surface area (Å²) < 4.78 is 4.58. The highest BCUT2D eigenvalue weighted by atomic mass is 32.1. The van der Waals surface area contributed by atoms with Crippen LogP contribution in [0.2, 0.25) is 0 Å². The summed E-state index contributed by atoms with van der Waals surface area (Å²) in [6, 6.07) is 10.1. The highest BCUT2D eigenvalue weighted by Crippen LogP contribution is 2.28. The van der Waals surface area contributed by atoms with E-state index in [4.69, 9.17) is 0 Å². The molecule has 0 saturated carbocycles. The van der Waals surface area contributed by atoms with Crippen LogP contribution in [0.1, 0.15) is 16.1 Å². The molecule has 138 valence electrons. The first kappa shape index (κ1) is 18.3. The molecule has 0 aliphatic carbocycles. The molecule has 0 fully saturated rings. The van der Waals surface area contributed by atoms with Crippen molar-refractivity contribution >= 4 is 28.5 Å². The quantitative estimate of drug-likeness (QED) is 0.808. The Morgan fingerprint density at radius 2 is 2.12 bits per heavy atom. The third kappa shape index (κ3) is 5.03. The minimum Gasteiger partial charge on any atom is -0.453 e. The number of carbonyl (C=O) groups is 2. The largest absolute Gasteiger partial charge is 0.453 e. The van der Waals surface area contributed by atoms with Gasteiger partial charge in [0.05, 0.1) is 19.3 Å². The molecule has 0 atom stereocenters. The van der Waals surface area contributed by atoms with E-state index in [1.807, 2.05) is 18.2 Å². The van der Waals surface area contributed by atoms with E-state index >= 15 is 0 Å². The van der Waals surface area contributed by atoms with Crippen LogP contribution in [0.5, 0.6) is 0 Å². The number of aromatic nitrogens is 1. The van der Waals surface area contributed by atoms with Gasteiger partial charge in [-0.2, -0.15) is 0 Å². The van der Waals surface area contributed by atoms with Gasteiger partial charge in [0, 0.05) is 30.9 Å². The molecule has 8 heteroatoms. The Labute approximate surface area is 156 Å². The molecule has 0 spiro atoms. The van der Waals surface area contributed by atoms with Gasteiger partial charge < -0.3 is 10.1 Å². The number of thiazole rings is 1. The lowest BCUT2D eigenvalue weighted by molar-refractivity contribution is -0.122. The normalized spacial score (nSPS) is 13.7. The second-order valence-corrected chi connectivity index (χ2v) is 7.14. The molecule has 1 aromatic heterocycles. The number of amides is 2. The monoisotopic (exact) mass is 374 g/mol. The van der Waals surface area contributed by atoms with Crippen molar-refractivity contribution < 1.29 is 14.3 Å². The number of anilines is 1. The first-order chi connectivity index (χ1) is 12.6. The Balaban J connectivity index is 1.45. The number of nitrogens with zero attached hydrogens (tertiary/aromatic N) is 2. The van der Waals surface area contributed by atoms with E-state index in [0.29, 0.717) is 24.8 Å². The molecule has 7 nitrogen and oxygen atoms in total. The first-order valence-corrected chi connectivity index (χ1v) is 9.32. The molecule has 1 aromatic carbocycles. The maximum absolute atomic E-state index is 12.2. The van der Waals surface area contributed by atoms with Crippen molar-refractivity contribution in [1.82, 2.24) is 15.2 Å². The van der Waals surface area contributed by atoms with Crippen molar-refractivity contribution in [2.24, 2.45) is 0 Å². The lowest BCUT2D eigenvalue weighted by atomic mass is 10.1. The summed E-state index contributed by atoms with van der Waals surface area (Å²) in [6.07, 6.45) is 1.07. The van der Waals surface area contributed by atoms with Crippen LogP contribution in [0.4, 0.5) is 9.93 Å². The van der Waals surface area contributed by atoms with Crippen LogP contribution in [-0.4, -0.2) is 48.6 Å². The minimum absolute atomic E-state index is 0.0294. The molecule has 0 saturated heterocycles. The second-order valence-electron chi connectivity index (χ2n) is 6.05. The molecule has 1 aliphatic heterocycles. The number of nitrogens with one attached hydrogen (secondary N) is 2. The SMILES string of the molecule is COC(=O)Nc1nc2c(s1)CN(CC(=O)NCCc1ccccc1)CC2. The molecule has 0 bridgehead atoms. The zero-order valence-electron chi connectivity index (χ0n) is 14.7. The number of benzene rings is 1. The fourth-order valence-corrected chi connectivity index (χ4v) is 3.86. The molecule has 0 unspecified atom stereocenters. The van der Waals surface area contributed by atoms with Crippen molar-refractivity contribution in [2.75, 3.05) is 32.1 Å². The third-order valence-electron chi connectivity index (χ3n) is 4.15. The number of hydrogen-bond acceptors (Lipinski definition) is 6. The molecule has 26 heavy (non-hydrogen) atoms. The summed E-state index contributed by atoms with van der Waals surface area (Å²) in [5.74, 6) is 0.0294. The zero-order chi connectivity index (χ0) is 18.4. The van der Waals surface area contributed by atoms with Gasteiger partial charge in [0.25, 0.3) is 0 Å². The lowest BCUT2D eigenvalue weighted by Crippen LogP contribution is -2.40. The summed E-state index contributed by atoms with van der Waals surface area (Å²) in [5, 5.41) is 6.11. The standard InChI is InChI=1S/C18H22N4O3S/c1-25-18(24)21-17-20-14-8-10-22(11-15(14)26-17)12-16(23)19-9-7-13-5-3-2-4-6-13/h2-6H,7-12H2,1H3,(H,19,23)(H,20,21,24). The Morgan fingerprint density at radius 3 is 2.88 bits per heavy atom. The van der Waals surface area contributed by atoms with Crippen LogP contribution in [0.25, 0.3) is 0 Å². The molecule has 0 radical (unpaired) electrons. The molecule has 3 rings (SSSR count). The number of fused-ring (bicyclic) bond motifs is 1. The van der Waals surface area contributed by atoms with Gasteiger partial charge in [0.2, 0.25) is 5.91 Å². The first-order valence-electron chi connectivity index (χ1n) is 8.50. The van der Waals surface area contributed by atoms with Gasteiger partial charge in [-0.05, 0) is 12.0 Å². The van der Waals surface area contributed by atoms with Crippen molar-refractivity contribution in [3.05, 3.63) is 46.5 Å². The number of hydrogen-bond donors (Lipinski definition) is 2. The molecular formula is C18H22N4O3S. The molecule has 2 heterocycles. The predicted molar refractivity (Wildman–Crippen MR) is 100 cm³/mol. The van der Waals surface area contributed by atoms with Gasteiger partial charge in [0.15, 0.2) is 5.13 Å². The Hall–Kier alpha value is -2.45. The van der Waals surface area contributed by atoms with E-state index in [9.17, 15) is 9.59 Å². The van der Waals surface area contributed by atoms with Gasteiger partial charge >= 0.3 is 6.09 Å². The van der Waals surface area contributed by atoms with Gasteiger partial charge in [0.1, 0.15) is 0 Å². The topological polar surface area (TPSA) is 83.6 Å². The molecular weight excluding hydrogens is 352 g/mol. The van der Waals surface area contributed by atoms with Crippen molar-refractivity contribution in [3.8, 4) is 0 Å². The zero-order valence-corrected chi connectivity index (χ0v) is 15.5. The Kier molecular flexibility index (Phi) is 6.19. The predicted octanol–water partition coefficient (Wildman–Crippen LogP) is 2.04. The van der Waals surface area contributed by atoms with Gasteiger partial charge in [-0.25, -0.2) is 9.78 Å². The van der Waals surface area contributed by atoms with E-state index in [0.717, 1.165) is 30.0 Å². The number of ether oxygens (including phenoxy) is 1. The van der Waals surface area contributed by atoms with Gasteiger partial charge in [-0.15, -0.1) is 0 Å². The highest BCUT2D eigenvalue weighted by Gasteiger charge is 2.22. The maximum atomic E-state index is 12.2. The molecule has 2 aromatic rings. The fourth-order valence-electron chi connectivity index (χ4n) is 2.83. The van der Waals surface area contributed by atoms with Crippen LogP contribution >= 0.6 is 11.3 Å². The Bertz CT molecular complexity index is 763. The van der Waals surface area contributed by atoms with E-state index in [1.54, 1.807) is 0 Å². The summed E-state index contributed by atoms with van der Waals surface area (Å²) in [7, 11) is 1.32. The summed E-state index contributed by atoms with van der Waals surface area (Å²) >= 11 is 1.43. The smallest absolute Gasteiger partial charge is 0.413 e. The van der Waals surface area contributed by atoms with Crippen molar-refractivity contribution in [3.63, 3.8) is 0 Å². The van der Waals surface area contributed by atoms with Gasteiger partial charge in [-0.1, -0.05) is 41.7 Å². The minimum atomic E-state index is -0.522. The van der Waals surface area contributed by atoms with Crippen LogP contribution in [0, 0.1) is 0 Å². The number of rotatable bonds is 6. The summed E-state index contributed by atoms with van der Waals surface area (Å²) in [4.78, 5) is 31.0. The number of methoxy groups -OCH3 is 1. The van der Waals surface area contributed by atoms with Crippen LogP contribution in [0.3, 0.4) is 0 Å². The van der Waals surface area contributed by atoms with E-state index in [-0.39, 0.29) is 5.91 Å². The second kappa shape index (κ2) is 8.77. The Morgan fingerprint density at radius 1 is 1.31 bits per heavy atom. The molecule has 1 aliphatic rings. The van der Waals surface area contributed by atoms with E-state index in [2.05, 4.69) is 37.4 Å². The fraction of sp³-hybridized carbons (Fsp3) is 0.389. The molecule has 2 N–H and O–H groups in total. The van der Waals surface area contributed by atoms with Crippen LogP contribution in [-0.2, 0) is 28.9 Å². The van der Waals surface area contributed by atoms with Crippen molar-refractivity contribution in [2.45, 2.75) is 19.4 Å². The average Bonchev–Trinajstić information content (AvgIpc) is 3.04. The molecule has 2 amide bonds. The number of carbonyl (C=O) groups excluding carboxylic acids is 2.